The molecule has 7 nitrogen and oxygen atoms in total. The summed E-state index contributed by atoms with van der Waals surface area (Å²) in [7, 11) is 0. The lowest BCUT2D eigenvalue weighted by Gasteiger charge is -2.11. The Morgan fingerprint density at radius 2 is 1.78 bits per heavy atom. The van der Waals surface area contributed by atoms with Crippen LogP contribution in [0.1, 0.15) is 5.56 Å². The van der Waals surface area contributed by atoms with E-state index in [1.54, 1.807) is 30.5 Å². The monoisotopic (exact) mass is 371 g/mol. The highest BCUT2D eigenvalue weighted by molar-refractivity contribution is 5.72. The van der Waals surface area contributed by atoms with Gasteiger partial charge in [0.15, 0.2) is 0 Å². The SMILES string of the molecule is O=C(O)CNc1nc(NCc2cc(F)cc(F)c2)cc(-c2ccccn2)n1. The third-order valence-electron chi connectivity index (χ3n) is 3.45. The molecule has 0 atom stereocenters. The van der Waals surface area contributed by atoms with Crippen LogP contribution in [0.4, 0.5) is 20.5 Å². The van der Waals surface area contributed by atoms with Crippen molar-refractivity contribution in [2.75, 3.05) is 17.2 Å². The number of nitrogens with one attached hydrogen (secondary N) is 2. The molecule has 27 heavy (non-hydrogen) atoms. The van der Waals surface area contributed by atoms with Gasteiger partial charge >= 0.3 is 5.97 Å². The third kappa shape index (κ3) is 5.18. The van der Waals surface area contributed by atoms with Gasteiger partial charge in [-0.15, -0.1) is 0 Å². The number of halogens is 2. The molecule has 0 unspecified atom stereocenters. The maximum atomic E-state index is 13.3. The second-order valence-electron chi connectivity index (χ2n) is 5.56. The molecular weight excluding hydrogens is 356 g/mol. The molecule has 3 aromatic rings. The van der Waals surface area contributed by atoms with Gasteiger partial charge in [-0.25, -0.2) is 13.8 Å². The number of nitrogens with zero attached hydrogens (tertiary/aromatic N) is 3. The molecular formula is C18H15F2N5O2. The largest absolute Gasteiger partial charge is 0.480 e. The van der Waals surface area contributed by atoms with Crippen molar-refractivity contribution in [1.82, 2.24) is 15.0 Å². The normalized spacial score (nSPS) is 10.4. The summed E-state index contributed by atoms with van der Waals surface area (Å²) in [5.74, 6) is -1.97. The number of rotatable bonds is 7. The summed E-state index contributed by atoms with van der Waals surface area (Å²) in [6, 6.07) is 10.1. The minimum absolute atomic E-state index is 0.0912. The van der Waals surface area contributed by atoms with E-state index in [1.165, 1.54) is 12.1 Å². The van der Waals surface area contributed by atoms with Crippen LogP contribution in [-0.2, 0) is 11.3 Å². The number of carboxylic acids is 1. The minimum atomic E-state index is -1.06. The fraction of sp³-hybridized carbons (Fsp3) is 0.111. The molecule has 0 aliphatic heterocycles. The van der Waals surface area contributed by atoms with Gasteiger partial charge in [-0.1, -0.05) is 6.07 Å². The highest BCUT2D eigenvalue weighted by atomic mass is 19.1. The molecule has 0 fully saturated rings. The fourth-order valence-corrected chi connectivity index (χ4v) is 2.32. The number of benzene rings is 1. The van der Waals surface area contributed by atoms with Gasteiger partial charge in [0.2, 0.25) is 5.95 Å². The van der Waals surface area contributed by atoms with E-state index in [4.69, 9.17) is 5.11 Å². The first-order chi connectivity index (χ1) is 13.0. The first-order valence-electron chi connectivity index (χ1n) is 7.94. The molecule has 9 heteroatoms. The Hall–Kier alpha value is -3.62. The summed E-state index contributed by atoms with van der Waals surface area (Å²) in [5.41, 5.74) is 1.43. The lowest BCUT2D eigenvalue weighted by atomic mass is 10.2. The van der Waals surface area contributed by atoms with Gasteiger partial charge in [0.05, 0.1) is 11.4 Å². The second kappa shape index (κ2) is 8.17. The summed E-state index contributed by atoms with van der Waals surface area (Å²) in [6.45, 7) is -0.244. The number of anilines is 2. The van der Waals surface area contributed by atoms with Crippen molar-refractivity contribution in [1.29, 1.82) is 0 Å². The molecule has 0 saturated heterocycles. The molecule has 0 amide bonds. The lowest BCUT2D eigenvalue weighted by molar-refractivity contribution is -0.134. The van der Waals surface area contributed by atoms with Crippen molar-refractivity contribution < 1.29 is 18.7 Å². The number of aromatic nitrogens is 3. The third-order valence-corrected chi connectivity index (χ3v) is 3.45. The highest BCUT2D eigenvalue weighted by Crippen LogP contribution is 2.20. The topological polar surface area (TPSA) is 100 Å². The zero-order valence-electron chi connectivity index (χ0n) is 14.0. The van der Waals surface area contributed by atoms with E-state index in [2.05, 4.69) is 25.6 Å². The Morgan fingerprint density at radius 3 is 2.44 bits per heavy atom. The maximum absolute atomic E-state index is 13.3. The number of hydrogen-bond donors (Lipinski definition) is 3. The molecule has 138 valence electrons. The maximum Gasteiger partial charge on any atom is 0.322 e. The zero-order chi connectivity index (χ0) is 19.2. The number of carbonyl (C=O) groups is 1. The van der Waals surface area contributed by atoms with Crippen LogP contribution in [0, 0.1) is 11.6 Å². The number of hydrogen-bond acceptors (Lipinski definition) is 6. The van der Waals surface area contributed by atoms with Crippen LogP contribution < -0.4 is 10.6 Å². The van der Waals surface area contributed by atoms with Gasteiger partial charge in [0.25, 0.3) is 0 Å². The van der Waals surface area contributed by atoms with Crippen molar-refractivity contribution in [3.05, 3.63) is 65.9 Å². The van der Waals surface area contributed by atoms with Gasteiger partial charge in [-0.3, -0.25) is 9.78 Å². The van der Waals surface area contributed by atoms with Crippen LogP contribution in [-0.4, -0.2) is 32.6 Å². The van der Waals surface area contributed by atoms with E-state index >= 15 is 0 Å². The van der Waals surface area contributed by atoms with E-state index in [0.717, 1.165) is 6.07 Å². The van der Waals surface area contributed by atoms with Gasteiger partial charge < -0.3 is 15.7 Å². The lowest BCUT2D eigenvalue weighted by Crippen LogP contribution is -2.15. The van der Waals surface area contributed by atoms with Gasteiger partial charge in [0, 0.05) is 24.9 Å². The fourth-order valence-electron chi connectivity index (χ4n) is 2.32. The van der Waals surface area contributed by atoms with Gasteiger partial charge in [-0.2, -0.15) is 4.98 Å². The second-order valence-corrected chi connectivity index (χ2v) is 5.56. The Kier molecular flexibility index (Phi) is 5.50. The quantitative estimate of drug-likeness (QED) is 0.587. The van der Waals surface area contributed by atoms with Crippen LogP contribution in [0.15, 0.2) is 48.7 Å². The molecule has 0 bridgehead atoms. The van der Waals surface area contributed by atoms with Crippen molar-refractivity contribution >= 4 is 17.7 Å². The average Bonchev–Trinajstić information content (AvgIpc) is 2.64. The van der Waals surface area contributed by atoms with Gasteiger partial charge in [0.1, 0.15) is 24.0 Å². The molecule has 2 aromatic heterocycles. The molecule has 3 N–H and O–H groups in total. The van der Waals surface area contributed by atoms with Crippen LogP contribution in [0.5, 0.6) is 0 Å². The summed E-state index contributed by atoms with van der Waals surface area (Å²) in [4.78, 5) is 23.4. The first kappa shape index (κ1) is 18.2. The molecule has 3 rings (SSSR count). The van der Waals surface area contributed by atoms with Crippen molar-refractivity contribution in [3.63, 3.8) is 0 Å². The molecule has 0 aliphatic rings. The Morgan fingerprint density at radius 1 is 1.00 bits per heavy atom. The summed E-state index contributed by atoms with van der Waals surface area (Å²) in [5, 5.41) is 14.4. The zero-order valence-corrected chi connectivity index (χ0v) is 14.0. The molecule has 0 saturated carbocycles. The Balaban J connectivity index is 1.86. The van der Waals surface area contributed by atoms with Gasteiger partial charge in [-0.05, 0) is 29.8 Å². The first-order valence-corrected chi connectivity index (χ1v) is 7.94. The molecule has 2 heterocycles. The highest BCUT2D eigenvalue weighted by Gasteiger charge is 2.09. The van der Waals surface area contributed by atoms with Crippen LogP contribution in [0.2, 0.25) is 0 Å². The standard InChI is InChI=1S/C18H15F2N5O2/c19-12-5-11(6-13(20)7-12)9-22-16-8-15(14-3-1-2-4-21-14)24-18(25-16)23-10-17(26)27/h1-8H,9-10H2,(H,26,27)(H2,22,23,24,25). The van der Waals surface area contributed by atoms with Crippen LogP contribution in [0.25, 0.3) is 11.4 Å². The predicted molar refractivity (Wildman–Crippen MR) is 95.1 cm³/mol. The molecule has 0 radical (unpaired) electrons. The predicted octanol–water partition coefficient (Wildman–Crippen LogP) is 2.93. The molecule has 0 spiro atoms. The van der Waals surface area contributed by atoms with Crippen LogP contribution >= 0.6 is 0 Å². The Bertz CT molecular complexity index is 933. The van der Waals surface area contributed by atoms with E-state index in [9.17, 15) is 13.6 Å². The number of pyridine rings is 1. The molecule has 0 aliphatic carbocycles. The molecule has 1 aromatic carbocycles. The van der Waals surface area contributed by atoms with Crippen molar-refractivity contribution in [2.24, 2.45) is 0 Å². The van der Waals surface area contributed by atoms with Crippen LogP contribution in [0.3, 0.4) is 0 Å². The smallest absolute Gasteiger partial charge is 0.322 e. The Labute approximate surface area is 153 Å². The summed E-state index contributed by atoms with van der Waals surface area (Å²) in [6.07, 6.45) is 1.60. The van der Waals surface area contributed by atoms with E-state index in [1.807, 2.05) is 0 Å². The van der Waals surface area contributed by atoms with E-state index in [0.29, 0.717) is 22.8 Å². The number of carboxylic acid groups (broad SMARTS) is 1. The van der Waals surface area contributed by atoms with Crippen molar-refractivity contribution in [2.45, 2.75) is 6.54 Å². The van der Waals surface area contributed by atoms with E-state index < -0.39 is 17.6 Å². The van der Waals surface area contributed by atoms with E-state index in [-0.39, 0.29) is 19.0 Å². The number of aliphatic carboxylic acids is 1. The minimum Gasteiger partial charge on any atom is -0.480 e. The van der Waals surface area contributed by atoms with Crippen molar-refractivity contribution in [3.8, 4) is 11.4 Å². The summed E-state index contributed by atoms with van der Waals surface area (Å²) >= 11 is 0. The average molecular weight is 371 g/mol. The summed E-state index contributed by atoms with van der Waals surface area (Å²) < 4.78 is 26.6.